The second kappa shape index (κ2) is 14.0. The molecule has 0 fully saturated rings. The highest BCUT2D eigenvalue weighted by molar-refractivity contribution is 5.89. The van der Waals surface area contributed by atoms with Gasteiger partial charge >= 0.3 is 11.9 Å². The van der Waals surface area contributed by atoms with Gasteiger partial charge in [0.15, 0.2) is 0 Å². The lowest BCUT2D eigenvalue weighted by Crippen LogP contribution is -2.07. The Hall–Kier alpha value is -1.40. The molecule has 120 valence electrons. The number of aliphatic hydroxyl groups excluding tert-OH is 2. The van der Waals surface area contributed by atoms with Gasteiger partial charge in [-0.3, -0.25) is 0 Å². The van der Waals surface area contributed by atoms with Crippen LogP contribution in [0.15, 0.2) is 12.2 Å². The Bertz CT molecular complexity index is 239. The Kier molecular flexibility index (Phi) is 16.6. The highest BCUT2D eigenvalue weighted by Gasteiger charge is 1.98. The van der Waals surface area contributed by atoms with Crippen LogP contribution in [-0.2, 0) is 9.59 Å². The van der Waals surface area contributed by atoms with Crippen molar-refractivity contribution in [1.82, 2.24) is 0 Å². The SMILES string of the molecule is CC(C)C(C)O.CC(C)C(C)O.O=C(O)/C=C\C(=O)O. The summed E-state index contributed by atoms with van der Waals surface area (Å²) < 4.78 is 0. The van der Waals surface area contributed by atoms with Crippen molar-refractivity contribution >= 4 is 11.9 Å². The molecule has 0 aliphatic heterocycles. The molecule has 20 heavy (non-hydrogen) atoms. The first kappa shape index (κ1) is 23.7. The normalized spacial score (nSPS) is 13.1. The molecule has 0 spiro atoms. The highest BCUT2D eigenvalue weighted by Crippen LogP contribution is 1.97. The zero-order valence-electron chi connectivity index (χ0n) is 13.1. The predicted molar refractivity (Wildman–Crippen MR) is 77.4 cm³/mol. The lowest BCUT2D eigenvalue weighted by molar-refractivity contribution is -0.134. The molecule has 0 aliphatic carbocycles. The summed E-state index contributed by atoms with van der Waals surface area (Å²) in [7, 11) is 0. The summed E-state index contributed by atoms with van der Waals surface area (Å²) in [6.45, 7) is 11.6. The van der Waals surface area contributed by atoms with Crippen LogP contribution >= 0.6 is 0 Å². The van der Waals surface area contributed by atoms with E-state index in [-0.39, 0.29) is 12.2 Å². The van der Waals surface area contributed by atoms with Gasteiger partial charge in [0.2, 0.25) is 0 Å². The third-order valence-electron chi connectivity index (χ3n) is 2.30. The van der Waals surface area contributed by atoms with Crippen molar-refractivity contribution < 1.29 is 30.0 Å². The summed E-state index contributed by atoms with van der Waals surface area (Å²) >= 11 is 0. The van der Waals surface area contributed by atoms with E-state index in [0.717, 1.165) is 0 Å². The topological polar surface area (TPSA) is 115 Å². The summed E-state index contributed by atoms with van der Waals surface area (Å²) in [6.07, 6.45) is 0.819. The van der Waals surface area contributed by atoms with Crippen molar-refractivity contribution in [2.24, 2.45) is 11.8 Å². The van der Waals surface area contributed by atoms with Gasteiger partial charge in [0, 0.05) is 12.2 Å². The number of carboxylic acids is 2. The molecule has 6 heteroatoms. The monoisotopic (exact) mass is 292 g/mol. The molecule has 0 aromatic rings. The van der Waals surface area contributed by atoms with Crippen molar-refractivity contribution in [1.29, 1.82) is 0 Å². The Morgan fingerprint density at radius 1 is 0.700 bits per heavy atom. The first-order chi connectivity index (χ1) is 8.91. The molecule has 2 unspecified atom stereocenters. The van der Waals surface area contributed by atoms with Gasteiger partial charge in [-0.05, 0) is 25.7 Å². The van der Waals surface area contributed by atoms with E-state index < -0.39 is 11.9 Å². The molecule has 0 amide bonds. The average Bonchev–Trinajstić information content (AvgIpc) is 2.27. The van der Waals surface area contributed by atoms with Gasteiger partial charge in [0.1, 0.15) is 0 Å². The molecule has 2 atom stereocenters. The van der Waals surface area contributed by atoms with Crippen molar-refractivity contribution in [2.75, 3.05) is 0 Å². The fourth-order valence-corrected chi connectivity index (χ4v) is 0.143. The maximum Gasteiger partial charge on any atom is 0.328 e. The maximum atomic E-state index is 9.55. The van der Waals surface area contributed by atoms with E-state index in [4.69, 9.17) is 20.4 Å². The van der Waals surface area contributed by atoms with Crippen LogP contribution in [0.25, 0.3) is 0 Å². The molecule has 0 bridgehead atoms. The van der Waals surface area contributed by atoms with Crippen LogP contribution in [0.5, 0.6) is 0 Å². The zero-order valence-corrected chi connectivity index (χ0v) is 13.1. The van der Waals surface area contributed by atoms with Crippen molar-refractivity contribution in [3.8, 4) is 0 Å². The number of aliphatic hydroxyl groups is 2. The molecule has 0 rings (SSSR count). The van der Waals surface area contributed by atoms with E-state index in [9.17, 15) is 9.59 Å². The van der Waals surface area contributed by atoms with E-state index in [0.29, 0.717) is 24.0 Å². The van der Waals surface area contributed by atoms with Gasteiger partial charge in [-0.1, -0.05) is 27.7 Å². The van der Waals surface area contributed by atoms with Crippen LogP contribution in [0, 0.1) is 11.8 Å². The lowest BCUT2D eigenvalue weighted by atomic mass is 10.1. The van der Waals surface area contributed by atoms with E-state index >= 15 is 0 Å². The summed E-state index contributed by atoms with van der Waals surface area (Å²) in [4.78, 5) is 19.1. The molecule has 0 saturated heterocycles. The molecule has 0 aliphatic rings. The largest absolute Gasteiger partial charge is 0.478 e. The maximum absolute atomic E-state index is 9.55. The minimum absolute atomic E-state index is 0.148. The Morgan fingerprint density at radius 2 is 0.850 bits per heavy atom. The standard InChI is InChI=1S/2C5H12O.C4H4O4/c2*1-4(2)5(3)6;5-3(6)1-2-4(7)8/h2*4-6H,1-3H3;1-2H,(H,5,6)(H,7,8)/b;;2-1-. The number of carbonyl (C=O) groups is 2. The van der Waals surface area contributed by atoms with Crippen LogP contribution in [-0.4, -0.2) is 44.6 Å². The van der Waals surface area contributed by atoms with Crippen molar-refractivity contribution in [3.63, 3.8) is 0 Å². The Balaban J connectivity index is -0.000000221. The summed E-state index contributed by atoms with van der Waals surface area (Å²) in [5, 5.41) is 32.9. The number of carboxylic acid groups (broad SMARTS) is 2. The van der Waals surface area contributed by atoms with Gasteiger partial charge < -0.3 is 20.4 Å². The van der Waals surface area contributed by atoms with Crippen LogP contribution in [0.1, 0.15) is 41.5 Å². The molecule has 0 heterocycles. The molecule has 0 aromatic carbocycles. The van der Waals surface area contributed by atoms with E-state index in [2.05, 4.69) is 0 Å². The summed E-state index contributed by atoms with van der Waals surface area (Å²) in [6, 6.07) is 0. The van der Waals surface area contributed by atoms with E-state index in [1.165, 1.54) is 0 Å². The quantitative estimate of drug-likeness (QED) is 0.587. The second-order valence-corrected chi connectivity index (χ2v) is 4.98. The molecule has 0 radical (unpaired) electrons. The van der Waals surface area contributed by atoms with Gasteiger partial charge in [0.25, 0.3) is 0 Å². The van der Waals surface area contributed by atoms with Gasteiger partial charge in [0.05, 0.1) is 12.2 Å². The minimum atomic E-state index is -1.26. The third kappa shape index (κ3) is 30.0. The van der Waals surface area contributed by atoms with Gasteiger partial charge in [-0.15, -0.1) is 0 Å². The van der Waals surface area contributed by atoms with Gasteiger partial charge in [-0.2, -0.15) is 0 Å². The first-order valence-electron chi connectivity index (χ1n) is 6.41. The molecular weight excluding hydrogens is 264 g/mol. The molecule has 6 nitrogen and oxygen atoms in total. The lowest BCUT2D eigenvalue weighted by Gasteiger charge is -2.04. The predicted octanol–water partition coefficient (Wildman–Crippen LogP) is 1.76. The number of hydrogen-bond acceptors (Lipinski definition) is 4. The molecule has 0 saturated carbocycles. The number of hydrogen-bond donors (Lipinski definition) is 4. The molecule has 4 N–H and O–H groups in total. The zero-order chi connectivity index (χ0) is 16.9. The van der Waals surface area contributed by atoms with E-state index in [1.807, 2.05) is 27.7 Å². The number of rotatable bonds is 4. The smallest absolute Gasteiger partial charge is 0.328 e. The van der Waals surface area contributed by atoms with Crippen LogP contribution in [0.4, 0.5) is 0 Å². The summed E-state index contributed by atoms with van der Waals surface area (Å²) in [5.41, 5.74) is 0. The van der Waals surface area contributed by atoms with Crippen molar-refractivity contribution in [2.45, 2.75) is 53.8 Å². The average molecular weight is 292 g/mol. The Labute approximate surface area is 120 Å². The molecular formula is C14H28O6. The van der Waals surface area contributed by atoms with Crippen LogP contribution < -0.4 is 0 Å². The van der Waals surface area contributed by atoms with E-state index in [1.54, 1.807) is 13.8 Å². The van der Waals surface area contributed by atoms with Crippen molar-refractivity contribution in [3.05, 3.63) is 12.2 Å². The van der Waals surface area contributed by atoms with Crippen LogP contribution in [0.2, 0.25) is 0 Å². The fraction of sp³-hybridized carbons (Fsp3) is 0.714. The fourth-order valence-electron chi connectivity index (χ4n) is 0.143. The highest BCUT2D eigenvalue weighted by atomic mass is 16.4. The first-order valence-corrected chi connectivity index (χ1v) is 6.41. The van der Waals surface area contributed by atoms with Crippen LogP contribution in [0.3, 0.4) is 0 Å². The summed E-state index contributed by atoms with van der Waals surface area (Å²) in [5.74, 6) is -1.70. The third-order valence-corrected chi connectivity index (χ3v) is 2.30. The number of aliphatic carboxylic acids is 2. The van der Waals surface area contributed by atoms with Gasteiger partial charge in [-0.25, -0.2) is 9.59 Å². The molecule has 0 aromatic heterocycles. The minimum Gasteiger partial charge on any atom is -0.478 e. The Morgan fingerprint density at radius 3 is 0.900 bits per heavy atom. The second-order valence-electron chi connectivity index (χ2n) is 4.98.